The number of ether oxygens (including phenoxy) is 1. The second-order valence-corrected chi connectivity index (χ2v) is 7.72. The van der Waals surface area contributed by atoms with Crippen LogP contribution in [0.3, 0.4) is 0 Å². The number of methoxy groups -OCH3 is 1. The van der Waals surface area contributed by atoms with Crippen LogP contribution in [0.4, 0.5) is 4.79 Å². The number of amides is 3. The number of fused-ring (bicyclic) bond motifs is 1. The average Bonchev–Trinajstić information content (AvgIpc) is 2.73. The highest BCUT2D eigenvalue weighted by Crippen LogP contribution is 2.19. The van der Waals surface area contributed by atoms with E-state index in [0.29, 0.717) is 19.5 Å². The summed E-state index contributed by atoms with van der Waals surface area (Å²) in [4.78, 5) is 37.5. The molecule has 1 aromatic carbocycles. The molecule has 0 bridgehead atoms. The van der Waals surface area contributed by atoms with Gasteiger partial charge in [0, 0.05) is 18.5 Å². The van der Waals surface area contributed by atoms with Crippen LogP contribution in [0.2, 0.25) is 0 Å². The highest BCUT2D eigenvalue weighted by molar-refractivity contribution is 5.94. The van der Waals surface area contributed by atoms with E-state index in [4.69, 9.17) is 4.74 Å². The van der Waals surface area contributed by atoms with E-state index in [1.54, 1.807) is 0 Å². The monoisotopic (exact) mass is 400 g/mol. The zero-order chi connectivity index (χ0) is 20.6. The maximum absolute atomic E-state index is 12.4. The second-order valence-electron chi connectivity index (χ2n) is 7.72. The minimum atomic E-state index is -0.488. The fourth-order valence-corrected chi connectivity index (χ4v) is 4.13. The van der Waals surface area contributed by atoms with Crippen molar-refractivity contribution in [2.24, 2.45) is 0 Å². The van der Waals surface area contributed by atoms with Crippen LogP contribution in [0, 0.1) is 0 Å². The van der Waals surface area contributed by atoms with Gasteiger partial charge in [0.2, 0.25) is 0 Å². The predicted molar refractivity (Wildman–Crippen MR) is 108 cm³/mol. The van der Waals surface area contributed by atoms with Crippen LogP contribution in [0.15, 0.2) is 35.9 Å². The Bertz CT molecular complexity index is 790. The third kappa shape index (κ3) is 5.90. The summed E-state index contributed by atoms with van der Waals surface area (Å²) in [6.45, 7) is 1.09. The minimum Gasteiger partial charge on any atom is -0.465 e. The molecule has 0 radical (unpaired) electrons. The Kier molecular flexibility index (Phi) is 7.41. The van der Waals surface area contributed by atoms with Crippen LogP contribution >= 0.6 is 0 Å². The summed E-state index contributed by atoms with van der Waals surface area (Å²) in [6.07, 6.45) is 8.24. The first-order valence-corrected chi connectivity index (χ1v) is 10.3. The topological polar surface area (TPSA) is 88.9 Å². The van der Waals surface area contributed by atoms with E-state index in [0.717, 1.165) is 35.3 Å². The van der Waals surface area contributed by atoms with Crippen LogP contribution < -0.4 is 15.5 Å². The molecule has 1 heterocycles. The largest absolute Gasteiger partial charge is 0.465 e. The number of hydrogen-bond donors (Lipinski definition) is 3. The maximum Gasteiger partial charge on any atom is 0.365 e. The highest BCUT2D eigenvalue weighted by Gasteiger charge is 2.37. The van der Waals surface area contributed by atoms with Gasteiger partial charge in [-0.1, -0.05) is 35.9 Å². The molecule has 2 atom stereocenters. The Labute approximate surface area is 171 Å². The van der Waals surface area contributed by atoms with Crippen LogP contribution in [0.1, 0.15) is 43.2 Å². The Balaban J connectivity index is 1.50. The van der Waals surface area contributed by atoms with Crippen molar-refractivity contribution in [2.45, 2.75) is 51.1 Å². The normalized spacial score (nSPS) is 20.8. The molecule has 7 nitrogen and oxygen atoms in total. The van der Waals surface area contributed by atoms with Gasteiger partial charge < -0.3 is 15.0 Å². The van der Waals surface area contributed by atoms with E-state index in [2.05, 4.69) is 16.7 Å². The van der Waals surface area contributed by atoms with Gasteiger partial charge >= 0.3 is 12.0 Å². The quantitative estimate of drug-likeness (QED) is 0.489. The summed E-state index contributed by atoms with van der Waals surface area (Å²) < 4.78 is 4.93. The maximum atomic E-state index is 12.4. The zero-order valence-electron chi connectivity index (χ0n) is 17.0. The third-order valence-electron chi connectivity index (χ3n) is 5.70. The molecule has 156 valence electrons. The van der Waals surface area contributed by atoms with Crippen LogP contribution in [-0.4, -0.2) is 44.1 Å². The van der Waals surface area contributed by atoms with E-state index in [1.165, 1.54) is 25.5 Å². The fourth-order valence-electron chi connectivity index (χ4n) is 4.13. The van der Waals surface area contributed by atoms with E-state index in [1.807, 2.05) is 24.3 Å². The third-order valence-corrected chi connectivity index (χ3v) is 5.70. The summed E-state index contributed by atoms with van der Waals surface area (Å²) in [5.74, 6) is -0.741. The summed E-state index contributed by atoms with van der Waals surface area (Å²) in [5.41, 5.74) is 3.59. The van der Waals surface area contributed by atoms with Crippen molar-refractivity contribution in [3.05, 3.63) is 47.0 Å². The number of imide groups is 1. The number of allylic oxidation sites excluding steroid dienone is 1. The van der Waals surface area contributed by atoms with Gasteiger partial charge in [0.05, 0.1) is 7.11 Å². The molecule has 2 aliphatic rings. The molecule has 1 unspecified atom stereocenters. The number of benzene rings is 1. The van der Waals surface area contributed by atoms with Gasteiger partial charge in [0.25, 0.3) is 5.91 Å². The van der Waals surface area contributed by atoms with Crippen molar-refractivity contribution < 1.29 is 24.0 Å². The summed E-state index contributed by atoms with van der Waals surface area (Å²) in [6, 6.07) is 6.95. The van der Waals surface area contributed by atoms with Gasteiger partial charge in [-0.25, -0.2) is 9.59 Å². The van der Waals surface area contributed by atoms with Crippen molar-refractivity contribution >= 4 is 17.9 Å². The van der Waals surface area contributed by atoms with Crippen LogP contribution in [-0.2, 0) is 27.3 Å². The molecule has 3 N–H and O–H groups in total. The van der Waals surface area contributed by atoms with Gasteiger partial charge in [0.15, 0.2) is 12.6 Å². The van der Waals surface area contributed by atoms with Gasteiger partial charge in [-0.2, -0.15) is 0 Å². The fraction of sp³-hybridized carbons (Fsp3) is 0.500. The predicted octanol–water partition coefficient (Wildman–Crippen LogP) is 0.886. The van der Waals surface area contributed by atoms with Crippen molar-refractivity contribution in [3.8, 4) is 0 Å². The number of rotatable bonds is 6. The van der Waals surface area contributed by atoms with E-state index in [-0.39, 0.29) is 12.5 Å². The van der Waals surface area contributed by atoms with Crippen LogP contribution in [0.25, 0.3) is 0 Å². The van der Waals surface area contributed by atoms with E-state index < -0.39 is 18.0 Å². The van der Waals surface area contributed by atoms with E-state index in [9.17, 15) is 14.4 Å². The number of esters is 1. The van der Waals surface area contributed by atoms with Crippen molar-refractivity contribution in [3.63, 3.8) is 0 Å². The van der Waals surface area contributed by atoms with Gasteiger partial charge in [-0.05, 0) is 37.7 Å². The standard InChI is InChI=1S/C22H29N3O4/c1-29-21(27)19-13-17-9-5-6-10-18(17)14-25(19)15-20(26)24-22(28)23-12-11-16-7-3-2-4-8-16/h5-7,9-10,19H,2-4,8,11-15H2,1H3,(H2,23,24,26,28)/p+1/t19-/m0/s1. The Hall–Kier alpha value is -2.67. The van der Waals surface area contributed by atoms with Crippen LogP contribution in [0.5, 0.6) is 0 Å². The van der Waals surface area contributed by atoms with Crippen molar-refractivity contribution in [1.29, 1.82) is 0 Å². The minimum absolute atomic E-state index is 0.0344. The summed E-state index contributed by atoms with van der Waals surface area (Å²) in [7, 11) is 1.36. The lowest BCUT2D eigenvalue weighted by molar-refractivity contribution is -0.924. The molecule has 1 aliphatic heterocycles. The number of carbonyl (C=O) groups excluding carboxylic acids is 3. The molecule has 3 rings (SSSR count). The first-order chi connectivity index (χ1) is 14.1. The molecule has 0 spiro atoms. The first kappa shape index (κ1) is 21.0. The van der Waals surface area contributed by atoms with Gasteiger partial charge in [-0.3, -0.25) is 10.1 Å². The Morgan fingerprint density at radius 1 is 1.17 bits per heavy atom. The molecule has 3 amide bonds. The molecule has 0 fully saturated rings. The number of carbonyl (C=O) groups is 3. The van der Waals surface area contributed by atoms with Crippen molar-refractivity contribution in [1.82, 2.24) is 10.6 Å². The number of nitrogens with one attached hydrogen (secondary N) is 3. The lowest BCUT2D eigenvalue weighted by atomic mass is 9.94. The highest BCUT2D eigenvalue weighted by atomic mass is 16.5. The molecule has 29 heavy (non-hydrogen) atoms. The van der Waals surface area contributed by atoms with E-state index >= 15 is 0 Å². The molecule has 7 heteroatoms. The molecule has 1 aliphatic carbocycles. The number of quaternary nitrogens is 1. The summed E-state index contributed by atoms with van der Waals surface area (Å²) in [5, 5.41) is 5.13. The lowest BCUT2D eigenvalue weighted by Crippen LogP contribution is -3.17. The summed E-state index contributed by atoms with van der Waals surface area (Å²) >= 11 is 0. The molecule has 0 saturated carbocycles. The van der Waals surface area contributed by atoms with Gasteiger partial charge in [-0.15, -0.1) is 0 Å². The Morgan fingerprint density at radius 2 is 1.97 bits per heavy atom. The van der Waals surface area contributed by atoms with Crippen molar-refractivity contribution in [2.75, 3.05) is 20.2 Å². The Morgan fingerprint density at radius 3 is 2.69 bits per heavy atom. The molecule has 0 saturated heterocycles. The lowest BCUT2D eigenvalue weighted by Gasteiger charge is -2.31. The second kappa shape index (κ2) is 10.2. The molecule has 0 aromatic heterocycles. The molecular weight excluding hydrogens is 370 g/mol. The van der Waals surface area contributed by atoms with Gasteiger partial charge in [0.1, 0.15) is 6.54 Å². The average molecular weight is 400 g/mol. The first-order valence-electron chi connectivity index (χ1n) is 10.3. The SMILES string of the molecule is COC(=O)[C@@H]1Cc2ccccc2C[NH+]1CC(=O)NC(=O)NCCC1=CCCCC1. The molecule has 1 aromatic rings. The number of hydrogen-bond acceptors (Lipinski definition) is 4. The number of urea groups is 1. The zero-order valence-corrected chi connectivity index (χ0v) is 17.0. The smallest absolute Gasteiger partial charge is 0.365 e. The molecular formula is C22H30N3O4+.